The highest BCUT2D eigenvalue weighted by Crippen LogP contribution is 2.42. The molecular weight excluding hydrogens is 304 g/mol. The van der Waals surface area contributed by atoms with Crippen molar-refractivity contribution in [1.29, 1.82) is 0 Å². The second-order valence-electron chi connectivity index (χ2n) is 7.50. The van der Waals surface area contributed by atoms with Crippen LogP contribution in [-0.2, 0) is 13.0 Å². The van der Waals surface area contributed by atoms with Crippen molar-refractivity contribution in [1.82, 2.24) is 10.0 Å². The van der Waals surface area contributed by atoms with Crippen LogP contribution in [0.4, 0.5) is 0 Å². The number of fused-ring (bicyclic) bond motifs is 1. The van der Waals surface area contributed by atoms with Crippen molar-refractivity contribution in [2.45, 2.75) is 46.3 Å². The Morgan fingerprint density at radius 1 is 1.33 bits per heavy atom. The highest BCUT2D eigenvalue weighted by Gasteiger charge is 2.34. The highest BCUT2D eigenvalue weighted by atomic mass is 16.5. The first-order valence-electron chi connectivity index (χ1n) is 8.21. The van der Waals surface area contributed by atoms with Gasteiger partial charge in [-0.2, -0.15) is 0 Å². The zero-order valence-corrected chi connectivity index (χ0v) is 14.3. The first-order valence-corrected chi connectivity index (χ1v) is 8.21. The Kier molecular flexibility index (Phi) is 4.24. The lowest BCUT2D eigenvalue weighted by atomic mass is 9.75. The zero-order valence-electron chi connectivity index (χ0n) is 14.3. The summed E-state index contributed by atoms with van der Waals surface area (Å²) in [5.41, 5.74) is 6.61. The molecule has 0 radical (unpaired) electrons. The predicted molar refractivity (Wildman–Crippen MR) is 91.0 cm³/mol. The van der Waals surface area contributed by atoms with Gasteiger partial charge in [0, 0.05) is 29.6 Å². The number of hydrogen-bond donors (Lipinski definition) is 3. The molecule has 0 fully saturated rings. The van der Waals surface area contributed by atoms with Crippen LogP contribution in [0.25, 0.3) is 0 Å². The summed E-state index contributed by atoms with van der Waals surface area (Å²) in [5.74, 6) is -0.513. The summed E-state index contributed by atoms with van der Waals surface area (Å²) < 4.78 is 2.20. The van der Waals surface area contributed by atoms with Gasteiger partial charge >= 0.3 is 0 Å². The van der Waals surface area contributed by atoms with Crippen molar-refractivity contribution < 1.29 is 15.1 Å². The third kappa shape index (κ3) is 3.09. The minimum Gasteiger partial charge on any atom is -0.388 e. The Bertz CT molecular complexity index is 760. The van der Waals surface area contributed by atoms with Crippen LogP contribution in [-0.4, -0.2) is 20.8 Å². The first kappa shape index (κ1) is 16.7. The summed E-state index contributed by atoms with van der Waals surface area (Å²) in [6, 6.07) is 7.17. The summed E-state index contributed by atoms with van der Waals surface area (Å²) in [6.45, 7) is 7.12. The van der Waals surface area contributed by atoms with Gasteiger partial charge in [-0.25, -0.2) is 5.48 Å². The number of carbonyl (C=O) groups is 1. The molecule has 1 aromatic carbocycles. The summed E-state index contributed by atoms with van der Waals surface area (Å²) in [5, 5.41) is 19.2. The van der Waals surface area contributed by atoms with Gasteiger partial charge < -0.3 is 9.67 Å². The molecule has 5 heteroatoms. The number of aliphatic hydroxyl groups excluding tert-OH is 1. The van der Waals surface area contributed by atoms with Crippen LogP contribution in [0.5, 0.6) is 0 Å². The second-order valence-corrected chi connectivity index (χ2v) is 7.50. The van der Waals surface area contributed by atoms with Crippen molar-refractivity contribution in [3.05, 3.63) is 58.4 Å². The molecule has 1 unspecified atom stereocenters. The third-order valence-electron chi connectivity index (χ3n) is 4.83. The summed E-state index contributed by atoms with van der Waals surface area (Å²) >= 11 is 0. The monoisotopic (exact) mass is 328 g/mol. The van der Waals surface area contributed by atoms with Crippen LogP contribution in [0.15, 0.2) is 30.5 Å². The number of nitrogens with one attached hydrogen (secondary N) is 1. The van der Waals surface area contributed by atoms with E-state index in [1.807, 2.05) is 19.1 Å². The number of amides is 1. The SMILES string of the molecule is Cc1cn(Cc2ccc(C(=O)NO)cc2)c2c1C(O)CC(C)(C)C2. The summed E-state index contributed by atoms with van der Waals surface area (Å²) in [7, 11) is 0. The molecule has 1 atom stereocenters. The van der Waals surface area contributed by atoms with Crippen molar-refractivity contribution in [3.8, 4) is 0 Å². The molecule has 3 rings (SSSR count). The first-order chi connectivity index (χ1) is 11.3. The molecule has 0 aliphatic heterocycles. The predicted octanol–water partition coefficient (Wildman–Crippen LogP) is 2.97. The molecule has 1 heterocycles. The molecule has 1 aromatic heterocycles. The standard InChI is InChI=1S/C19H24N2O3/c1-12-10-21(15-8-19(2,3)9-16(22)17(12)15)11-13-4-6-14(7-5-13)18(23)20-24/h4-7,10,16,22,24H,8-9,11H2,1-3H3,(H,20,23). The van der Waals surface area contributed by atoms with Gasteiger partial charge in [0.2, 0.25) is 0 Å². The van der Waals surface area contributed by atoms with E-state index < -0.39 is 12.0 Å². The number of hydrogen-bond acceptors (Lipinski definition) is 3. The van der Waals surface area contributed by atoms with Gasteiger partial charge in [-0.05, 0) is 48.4 Å². The van der Waals surface area contributed by atoms with Crippen LogP contribution >= 0.6 is 0 Å². The van der Waals surface area contributed by atoms with Gasteiger partial charge in [0.05, 0.1) is 6.10 Å². The minimum atomic E-state index is -0.513. The Balaban J connectivity index is 1.89. The quantitative estimate of drug-likeness (QED) is 0.599. The Morgan fingerprint density at radius 2 is 2.00 bits per heavy atom. The Labute approximate surface area is 141 Å². The third-order valence-corrected chi connectivity index (χ3v) is 4.83. The number of carbonyl (C=O) groups excluding carboxylic acids is 1. The highest BCUT2D eigenvalue weighted by molar-refractivity contribution is 5.93. The lowest BCUT2D eigenvalue weighted by Gasteiger charge is -2.34. The second kappa shape index (κ2) is 6.07. The van der Waals surface area contributed by atoms with E-state index in [0.717, 1.165) is 29.5 Å². The maximum Gasteiger partial charge on any atom is 0.274 e. The number of hydroxylamine groups is 1. The van der Waals surface area contributed by atoms with Crippen molar-refractivity contribution in [2.75, 3.05) is 0 Å². The Hall–Kier alpha value is -2.11. The molecule has 1 aliphatic rings. The van der Waals surface area contributed by atoms with Gasteiger partial charge in [-0.15, -0.1) is 0 Å². The molecule has 128 valence electrons. The van der Waals surface area contributed by atoms with Gasteiger partial charge in [-0.3, -0.25) is 10.0 Å². The largest absolute Gasteiger partial charge is 0.388 e. The van der Waals surface area contributed by atoms with Crippen LogP contribution < -0.4 is 5.48 Å². The lowest BCUT2D eigenvalue weighted by molar-refractivity contribution is 0.0706. The van der Waals surface area contributed by atoms with Crippen LogP contribution in [0, 0.1) is 12.3 Å². The van der Waals surface area contributed by atoms with E-state index in [-0.39, 0.29) is 5.41 Å². The van der Waals surface area contributed by atoms with Gasteiger partial charge in [-0.1, -0.05) is 26.0 Å². The number of aromatic nitrogens is 1. The molecule has 0 saturated carbocycles. The number of nitrogens with zero attached hydrogens (tertiary/aromatic N) is 1. The summed E-state index contributed by atoms with van der Waals surface area (Å²) in [4.78, 5) is 11.4. The van der Waals surface area contributed by atoms with Crippen molar-refractivity contribution in [2.24, 2.45) is 5.41 Å². The molecule has 0 spiro atoms. The number of aryl methyl sites for hydroxylation is 1. The van der Waals surface area contributed by atoms with Gasteiger partial charge in [0.15, 0.2) is 0 Å². The number of aliphatic hydroxyl groups is 1. The van der Waals surface area contributed by atoms with E-state index in [1.54, 1.807) is 17.6 Å². The number of rotatable bonds is 3. The Morgan fingerprint density at radius 3 is 2.62 bits per heavy atom. The molecule has 1 amide bonds. The average molecular weight is 328 g/mol. The van der Waals surface area contributed by atoms with E-state index >= 15 is 0 Å². The molecular formula is C19H24N2O3. The maximum absolute atomic E-state index is 11.4. The topological polar surface area (TPSA) is 74.5 Å². The van der Waals surface area contributed by atoms with Crippen LogP contribution in [0.2, 0.25) is 0 Å². The fraction of sp³-hybridized carbons (Fsp3) is 0.421. The normalized spacial score (nSPS) is 19.0. The molecule has 0 saturated heterocycles. The summed E-state index contributed by atoms with van der Waals surface area (Å²) in [6.07, 6.45) is 3.43. The molecule has 0 bridgehead atoms. The zero-order chi connectivity index (χ0) is 17.5. The average Bonchev–Trinajstić information content (AvgIpc) is 2.81. The van der Waals surface area contributed by atoms with Crippen LogP contribution in [0.1, 0.15) is 59.1 Å². The number of benzene rings is 1. The van der Waals surface area contributed by atoms with Crippen LogP contribution in [0.3, 0.4) is 0 Å². The molecule has 24 heavy (non-hydrogen) atoms. The van der Waals surface area contributed by atoms with E-state index in [1.165, 1.54) is 5.69 Å². The van der Waals surface area contributed by atoms with Crippen molar-refractivity contribution in [3.63, 3.8) is 0 Å². The maximum atomic E-state index is 11.4. The molecule has 3 N–H and O–H groups in total. The lowest BCUT2D eigenvalue weighted by Crippen LogP contribution is -2.27. The van der Waals surface area contributed by atoms with E-state index in [9.17, 15) is 9.90 Å². The van der Waals surface area contributed by atoms with E-state index in [0.29, 0.717) is 12.1 Å². The van der Waals surface area contributed by atoms with Gasteiger partial charge in [0.25, 0.3) is 5.91 Å². The van der Waals surface area contributed by atoms with E-state index in [4.69, 9.17) is 5.21 Å². The van der Waals surface area contributed by atoms with Gasteiger partial charge in [0.1, 0.15) is 0 Å². The molecule has 2 aromatic rings. The van der Waals surface area contributed by atoms with Crippen molar-refractivity contribution >= 4 is 5.91 Å². The minimum absolute atomic E-state index is 0.0814. The fourth-order valence-electron chi connectivity index (χ4n) is 3.73. The van der Waals surface area contributed by atoms with E-state index in [2.05, 4.69) is 24.6 Å². The fourth-order valence-corrected chi connectivity index (χ4v) is 3.73. The smallest absolute Gasteiger partial charge is 0.274 e. The molecule has 1 aliphatic carbocycles. The molecule has 5 nitrogen and oxygen atoms in total.